The molecule has 0 spiro atoms. The van der Waals surface area contributed by atoms with Gasteiger partial charge in [-0.25, -0.2) is 15.0 Å². The van der Waals surface area contributed by atoms with E-state index in [1.807, 2.05) is 39.7 Å². The van der Waals surface area contributed by atoms with E-state index in [4.69, 9.17) is 0 Å². The normalized spacial score (nSPS) is 10.4. The SMILES string of the molecule is C=Cn1ccnc1-c1cccc(-c2nccn2C=C)n1. The number of hydrogen-bond donors (Lipinski definition) is 0. The molecule has 0 bridgehead atoms. The summed E-state index contributed by atoms with van der Waals surface area (Å²) >= 11 is 0. The van der Waals surface area contributed by atoms with Gasteiger partial charge in [0.25, 0.3) is 0 Å². The summed E-state index contributed by atoms with van der Waals surface area (Å²) in [5.41, 5.74) is 1.54. The lowest BCUT2D eigenvalue weighted by molar-refractivity contribution is 1.09. The van der Waals surface area contributed by atoms with Crippen LogP contribution >= 0.6 is 0 Å². The van der Waals surface area contributed by atoms with Gasteiger partial charge in [-0.1, -0.05) is 19.2 Å². The lowest BCUT2D eigenvalue weighted by atomic mass is 10.2. The fourth-order valence-electron chi connectivity index (χ4n) is 2.00. The molecule has 0 aliphatic carbocycles. The van der Waals surface area contributed by atoms with E-state index in [9.17, 15) is 0 Å². The summed E-state index contributed by atoms with van der Waals surface area (Å²) in [4.78, 5) is 13.2. The van der Waals surface area contributed by atoms with Crippen LogP contribution in [0.15, 0.2) is 56.1 Å². The highest BCUT2D eigenvalue weighted by molar-refractivity contribution is 5.60. The summed E-state index contributed by atoms with van der Waals surface area (Å²) in [5.74, 6) is 1.50. The molecule has 0 aliphatic heterocycles. The molecule has 0 saturated carbocycles. The largest absolute Gasteiger partial charge is 0.306 e. The molecule has 3 heterocycles. The van der Waals surface area contributed by atoms with Crippen LogP contribution in [0.1, 0.15) is 0 Å². The van der Waals surface area contributed by atoms with E-state index < -0.39 is 0 Å². The minimum atomic E-state index is 0.749. The van der Waals surface area contributed by atoms with Gasteiger partial charge in [-0.2, -0.15) is 0 Å². The summed E-state index contributed by atoms with van der Waals surface area (Å²) in [6.45, 7) is 7.51. The first-order valence-corrected chi connectivity index (χ1v) is 6.12. The third-order valence-electron chi connectivity index (χ3n) is 2.94. The van der Waals surface area contributed by atoms with Crippen molar-refractivity contribution in [2.24, 2.45) is 0 Å². The highest BCUT2D eigenvalue weighted by Gasteiger charge is 2.10. The molecule has 0 amide bonds. The van der Waals surface area contributed by atoms with Crippen LogP contribution in [-0.4, -0.2) is 24.1 Å². The Morgan fingerprint density at radius 1 is 0.850 bits per heavy atom. The molecule has 0 aliphatic rings. The minimum absolute atomic E-state index is 0.749. The number of nitrogens with zero attached hydrogens (tertiary/aromatic N) is 5. The fourth-order valence-corrected chi connectivity index (χ4v) is 2.00. The Morgan fingerprint density at radius 3 is 1.80 bits per heavy atom. The molecule has 0 fully saturated rings. The van der Waals surface area contributed by atoms with Gasteiger partial charge in [-0.05, 0) is 12.1 Å². The molecular formula is C15H13N5. The van der Waals surface area contributed by atoms with Gasteiger partial charge in [0.05, 0.1) is 0 Å². The predicted octanol–water partition coefficient (Wildman–Crippen LogP) is 3.01. The standard InChI is InChI=1S/C15H13N5/c1-3-19-10-8-16-14(19)12-6-5-7-13(18-12)15-17-9-11-20(15)4-2/h3-11H,1-2H2. The topological polar surface area (TPSA) is 48.5 Å². The van der Waals surface area contributed by atoms with E-state index in [0.717, 1.165) is 23.0 Å². The van der Waals surface area contributed by atoms with Gasteiger partial charge in [0.1, 0.15) is 11.4 Å². The van der Waals surface area contributed by atoms with Crippen molar-refractivity contribution in [3.63, 3.8) is 0 Å². The molecule has 3 aromatic rings. The van der Waals surface area contributed by atoms with Crippen molar-refractivity contribution in [1.82, 2.24) is 24.1 Å². The second-order valence-electron chi connectivity index (χ2n) is 4.09. The second kappa shape index (κ2) is 4.97. The number of rotatable bonds is 4. The van der Waals surface area contributed by atoms with E-state index in [-0.39, 0.29) is 0 Å². The van der Waals surface area contributed by atoms with E-state index in [1.165, 1.54) is 0 Å². The third-order valence-corrected chi connectivity index (χ3v) is 2.94. The molecule has 3 rings (SSSR count). The molecule has 0 atom stereocenters. The highest BCUT2D eigenvalue weighted by atomic mass is 15.1. The van der Waals surface area contributed by atoms with Gasteiger partial charge in [0.15, 0.2) is 11.6 Å². The zero-order chi connectivity index (χ0) is 13.9. The van der Waals surface area contributed by atoms with Gasteiger partial charge in [0.2, 0.25) is 0 Å². The predicted molar refractivity (Wildman–Crippen MR) is 79.5 cm³/mol. The molecule has 5 heteroatoms. The smallest absolute Gasteiger partial charge is 0.162 e. The Kier molecular flexibility index (Phi) is 3.01. The lowest BCUT2D eigenvalue weighted by Gasteiger charge is -2.05. The van der Waals surface area contributed by atoms with E-state index in [1.54, 1.807) is 24.8 Å². The number of hydrogen-bond acceptors (Lipinski definition) is 3. The van der Waals surface area contributed by atoms with E-state index in [0.29, 0.717) is 0 Å². The fraction of sp³-hybridized carbons (Fsp3) is 0. The molecule has 3 aromatic heterocycles. The monoisotopic (exact) mass is 263 g/mol. The van der Waals surface area contributed by atoms with Crippen LogP contribution in [0.2, 0.25) is 0 Å². The van der Waals surface area contributed by atoms with Gasteiger partial charge in [-0.3, -0.25) is 0 Å². The Balaban J connectivity index is 2.11. The second-order valence-corrected chi connectivity index (χ2v) is 4.09. The molecule has 0 aromatic carbocycles. The first-order valence-electron chi connectivity index (χ1n) is 6.12. The Labute approximate surface area is 116 Å². The zero-order valence-electron chi connectivity index (χ0n) is 10.8. The average Bonchev–Trinajstić information content (AvgIpc) is 3.15. The van der Waals surface area contributed by atoms with Crippen LogP contribution in [0.3, 0.4) is 0 Å². The van der Waals surface area contributed by atoms with Gasteiger partial charge in [-0.15, -0.1) is 0 Å². The third kappa shape index (κ3) is 1.95. The van der Waals surface area contributed by atoms with Crippen molar-refractivity contribution in [3.8, 4) is 23.0 Å². The maximum atomic E-state index is 4.61. The number of imidazole rings is 2. The van der Waals surface area contributed by atoms with Crippen molar-refractivity contribution >= 4 is 12.4 Å². The summed E-state index contributed by atoms with van der Waals surface area (Å²) in [6, 6.07) is 5.75. The van der Waals surface area contributed by atoms with E-state index in [2.05, 4.69) is 28.1 Å². The summed E-state index contributed by atoms with van der Waals surface area (Å²) in [7, 11) is 0. The molecule has 0 saturated heterocycles. The summed E-state index contributed by atoms with van der Waals surface area (Å²) < 4.78 is 3.65. The van der Waals surface area contributed by atoms with Gasteiger partial charge < -0.3 is 9.13 Å². The van der Waals surface area contributed by atoms with Crippen molar-refractivity contribution in [2.75, 3.05) is 0 Å². The van der Waals surface area contributed by atoms with Crippen molar-refractivity contribution in [3.05, 3.63) is 56.1 Å². The van der Waals surface area contributed by atoms with Crippen LogP contribution in [-0.2, 0) is 0 Å². The van der Waals surface area contributed by atoms with Crippen LogP contribution < -0.4 is 0 Å². The first-order chi connectivity index (χ1) is 9.83. The Hall–Kier alpha value is -2.95. The van der Waals surface area contributed by atoms with Gasteiger partial charge in [0, 0.05) is 37.2 Å². The Bertz CT molecular complexity index is 704. The van der Waals surface area contributed by atoms with Crippen molar-refractivity contribution in [2.45, 2.75) is 0 Å². The van der Waals surface area contributed by atoms with Crippen molar-refractivity contribution < 1.29 is 0 Å². The molecule has 0 N–H and O–H groups in total. The van der Waals surface area contributed by atoms with Crippen LogP contribution in [0.5, 0.6) is 0 Å². The highest BCUT2D eigenvalue weighted by Crippen LogP contribution is 2.20. The lowest BCUT2D eigenvalue weighted by Crippen LogP contribution is -1.97. The minimum Gasteiger partial charge on any atom is -0.306 e. The number of aromatic nitrogens is 5. The quantitative estimate of drug-likeness (QED) is 0.727. The molecule has 98 valence electrons. The summed E-state index contributed by atoms with van der Waals surface area (Å²) in [6.07, 6.45) is 10.5. The average molecular weight is 263 g/mol. The van der Waals surface area contributed by atoms with Crippen LogP contribution in [0.4, 0.5) is 0 Å². The maximum Gasteiger partial charge on any atom is 0.162 e. The Morgan fingerprint density at radius 2 is 1.35 bits per heavy atom. The molecule has 0 unspecified atom stereocenters. The molecule has 20 heavy (non-hydrogen) atoms. The summed E-state index contributed by atoms with van der Waals surface area (Å²) in [5, 5.41) is 0. The van der Waals surface area contributed by atoms with Gasteiger partial charge >= 0.3 is 0 Å². The van der Waals surface area contributed by atoms with Crippen molar-refractivity contribution in [1.29, 1.82) is 0 Å². The van der Waals surface area contributed by atoms with E-state index >= 15 is 0 Å². The molecule has 5 nitrogen and oxygen atoms in total. The van der Waals surface area contributed by atoms with Crippen LogP contribution in [0.25, 0.3) is 35.4 Å². The van der Waals surface area contributed by atoms with Crippen LogP contribution in [0, 0.1) is 0 Å². The number of pyridine rings is 1. The maximum absolute atomic E-state index is 4.61. The molecule has 0 radical (unpaired) electrons. The molecular weight excluding hydrogens is 250 g/mol. The zero-order valence-corrected chi connectivity index (χ0v) is 10.8. The first kappa shape index (κ1) is 12.1.